The van der Waals surface area contributed by atoms with E-state index in [1.165, 1.54) is 12.8 Å². The van der Waals surface area contributed by atoms with Crippen molar-refractivity contribution in [3.05, 3.63) is 22.7 Å². The molecule has 4 heteroatoms. The van der Waals surface area contributed by atoms with Crippen molar-refractivity contribution < 1.29 is 14.6 Å². The second-order valence-corrected chi connectivity index (χ2v) is 6.43. The highest BCUT2D eigenvalue weighted by atomic mass is 35.5. The zero-order valence-electron chi connectivity index (χ0n) is 11.8. The molecule has 1 N–H and O–H groups in total. The van der Waals surface area contributed by atoms with E-state index < -0.39 is 5.60 Å². The molecule has 0 spiro atoms. The minimum absolute atomic E-state index is 0.276. The van der Waals surface area contributed by atoms with Crippen LogP contribution in [0, 0.1) is 0 Å². The van der Waals surface area contributed by atoms with Crippen LogP contribution in [0.25, 0.3) is 0 Å². The molecule has 0 amide bonds. The molecule has 0 bridgehead atoms. The molecule has 2 saturated carbocycles. The number of rotatable bonds is 5. The van der Waals surface area contributed by atoms with Crippen LogP contribution in [-0.2, 0) is 6.42 Å². The summed E-state index contributed by atoms with van der Waals surface area (Å²) in [6.07, 6.45) is 7.23. The number of hydrogen-bond acceptors (Lipinski definition) is 3. The first kappa shape index (κ1) is 14.0. The molecule has 3 nitrogen and oxygen atoms in total. The zero-order valence-corrected chi connectivity index (χ0v) is 12.6. The fraction of sp³-hybridized carbons (Fsp3) is 0.625. The van der Waals surface area contributed by atoms with E-state index in [1.807, 2.05) is 12.1 Å². The maximum absolute atomic E-state index is 10.0. The van der Waals surface area contributed by atoms with E-state index in [2.05, 4.69) is 0 Å². The van der Waals surface area contributed by atoms with Gasteiger partial charge in [-0.1, -0.05) is 11.6 Å². The number of methoxy groups -OCH3 is 1. The Morgan fingerprint density at radius 1 is 1.25 bits per heavy atom. The third-order valence-corrected chi connectivity index (χ3v) is 4.63. The Hall–Kier alpha value is -0.930. The lowest BCUT2D eigenvalue weighted by molar-refractivity contribution is 0.150. The van der Waals surface area contributed by atoms with Gasteiger partial charge in [-0.25, -0.2) is 0 Å². The summed E-state index contributed by atoms with van der Waals surface area (Å²) < 4.78 is 11.4. The van der Waals surface area contributed by atoms with Gasteiger partial charge in [-0.05, 0) is 50.2 Å². The standard InChI is InChI=1S/C16H21ClO3/c1-19-14-8-11(10-16(18)6-7-16)13(17)9-15(14)20-12-4-2-3-5-12/h8-9,12,18H,2-7,10H2,1H3. The molecular formula is C16H21ClO3. The molecule has 0 heterocycles. The Morgan fingerprint density at radius 2 is 1.95 bits per heavy atom. The first-order valence-corrected chi connectivity index (χ1v) is 7.73. The van der Waals surface area contributed by atoms with Crippen LogP contribution in [0.2, 0.25) is 5.02 Å². The molecule has 3 rings (SSSR count). The third kappa shape index (κ3) is 3.04. The summed E-state index contributed by atoms with van der Waals surface area (Å²) in [7, 11) is 1.64. The number of benzene rings is 1. The number of aliphatic hydroxyl groups is 1. The molecule has 1 aromatic carbocycles. The van der Waals surface area contributed by atoms with E-state index in [9.17, 15) is 5.11 Å². The second-order valence-electron chi connectivity index (χ2n) is 6.02. The van der Waals surface area contributed by atoms with Crippen molar-refractivity contribution in [3.63, 3.8) is 0 Å². The molecule has 0 aliphatic heterocycles. The summed E-state index contributed by atoms with van der Waals surface area (Å²) in [5.74, 6) is 1.43. The molecule has 0 radical (unpaired) electrons. The zero-order chi connectivity index (χ0) is 14.2. The third-order valence-electron chi connectivity index (χ3n) is 4.28. The molecule has 1 aromatic rings. The molecule has 20 heavy (non-hydrogen) atoms. The second kappa shape index (κ2) is 5.45. The monoisotopic (exact) mass is 296 g/mol. The van der Waals surface area contributed by atoms with E-state index in [0.29, 0.717) is 17.2 Å². The molecule has 2 aliphatic carbocycles. The van der Waals surface area contributed by atoms with Crippen LogP contribution in [0.4, 0.5) is 0 Å². The van der Waals surface area contributed by atoms with Gasteiger partial charge in [0.25, 0.3) is 0 Å². The number of halogens is 1. The maximum Gasteiger partial charge on any atom is 0.163 e. The predicted octanol–water partition coefficient (Wildman–Crippen LogP) is 3.74. The SMILES string of the molecule is COc1cc(CC2(O)CC2)c(Cl)cc1OC1CCCC1. The van der Waals surface area contributed by atoms with E-state index in [1.54, 1.807) is 7.11 Å². The fourth-order valence-electron chi connectivity index (χ4n) is 2.83. The van der Waals surface area contributed by atoms with Gasteiger partial charge >= 0.3 is 0 Å². The lowest BCUT2D eigenvalue weighted by atomic mass is 10.1. The Morgan fingerprint density at radius 3 is 2.55 bits per heavy atom. The molecule has 0 aromatic heterocycles. The fourth-order valence-corrected chi connectivity index (χ4v) is 3.05. The number of ether oxygens (including phenoxy) is 2. The lowest BCUT2D eigenvalue weighted by Gasteiger charge is -2.18. The van der Waals surface area contributed by atoms with Gasteiger partial charge < -0.3 is 14.6 Å². The van der Waals surface area contributed by atoms with Gasteiger partial charge in [-0.15, -0.1) is 0 Å². The summed E-state index contributed by atoms with van der Waals surface area (Å²) >= 11 is 6.33. The molecule has 2 fully saturated rings. The highest BCUT2D eigenvalue weighted by molar-refractivity contribution is 6.31. The first-order chi connectivity index (χ1) is 9.59. The van der Waals surface area contributed by atoms with Crippen LogP contribution < -0.4 is 9.47 Å². The van der Waals surface area contributed by atoms with Crippen molar-refractivity contribution >= 4 is 11.6 Å². The summed E-state index contributed by atoms with van der Waals surface area (Å²) in [5, 5.41) is 10.7. The van der Waals surface area contributed by atoms with Gasteiger partial charge in [-0.3, -0.25) is 0 Å². The highest BCUT2D eigenvalue weighted by Gasteiger charge is 2.40. The average Bonchev–Trinajstić information content (AvgIpc) is 2.93. The van der Waals surface area contributed by atoms with Crippen LogP contribution in [0.15, 0.2) is 12.1 Å². The van der Waals surface area contributed by atoms with E-state index in [0.717, 1.165) is 37.0 Å². The van der Waals surface area contributed by atoms with Gasteiger partial charge in [0, 0.05) is 17.5 Å². The Balaban J connectivity index is 1.80. The van der Waals surface area contributed by atoms with E-state index in [-0.39, 0.29) is 6.10 Å². The van der Waals surface area contributed by atoms with Crippen LogP contribution in [0.1, 0.15) is 44.1 Å². The van der Waals surface area contributed by atoms with Crippen LogP contribution >= 0.6 is 11.6 Å². The topological polar surface area (TPSA) is 38.7 Å². The predicted molar refractivity (Wildman–Crippen MR) is 78.8 cm³/mol. The first-order valence-electron chi connectivity index (χ1n) is 7.35. The molecule has 2 aliphatic rings. The van der Waals surface area contributed by atoms with Crippen molar-refractivity contribution in [2.45, 2.75) is 56.7 Å². The van der Waals surface area contributed by atoms with E-state index in [4.69, 9.17) is 21.1 Å². The van der Waals surface area contributed by atoms with Crippen molar-refractivity contribution in [3.8, 4) is 11.5 Å². The molecular weight excluding hydrogens is 276 g/mol. The highest BCUT2D eigenvalue weighted by Crippen LogP contribution is 2.42. The van der Waals surface area contributed by atoms with Crippen LogP contribution in [0.5, 0.6) is 11.5 Å². The minimum atomic E-state index is -0.553. The molecule has 0 atom stereocenters. The summed E-state index contributed by atoms with van der Waals surface area (Å²) in [6.45, 7) is 0. The Labute approximate surface area is 124 Å². The van der Waals surface area contributed by atoms with Gasteiger partial charge in [0.1, 0.15) is 0 Å². The van der Waals surface area contributed by atoms with Crippen molar-refractivity contribution in [1.82, 2.24) is 0 Å². The Kier molecular flexibility index (Phi) is 3.83. The van der Waals surface area contributed by atoms with Crippen molar-refractivity contribution in [1.29, 1.82) is 0 Å². The van der Waals surface area contributed by atoms with Crippen molar-refractivity contribution in [2.24, 2.45) is 0 Å². The van der Waals surface area contributed by atoms with Crippen molar-refractivity contribution in [2.75, 3.05) is 7.11 Å². The smallest absolute Gasteiger partial charge is 0.163 e. The maximum atomic E-state index is 10.0. The quantitative estimate of drug-likeness (QED) is 0.899. The Bertz CT molecular complexity index is 491. The van der Waals surface area contributed by atoms with Crippen LogP contribution in [-0.4, -0.2) is 23.9 Å². The minimum Gasteiger partial charge on any atom is -0.493 e. The summed E-state index contributed by atoms with van der Waals surface area (Å²) in [5.41, 5.74) is 0.380. The van der Waals surface area contributed by atoms with Gasteiger partial charge in [0.2, 0.25) is 0 Å². The normalized spacial score (nSPS) is 20.9. The van der Waals surface area contributed by atoms with Crippen LogP contribution in [0.3, 0.4) is 0 Å². The number of hydrogen-bond donors (Lipinski definition) is 1. The van der Waals surface area contributed by atoms with Gasteiger partial charge in [-0.2, -0.15) is 0 Å². The van der Waals surface area contributed by atoms with Gasteiger partial charge in [0.05, 0.1) is 18.8 Å². The molecule has 110 valence electrons. The average molecular weight is 297 g/mol. The lowest BCUT2D eigenvalue weighted by Crippen LogP contribution is -2.13. The largest absolute Gasteiger partial charge is 0.493 e. The summed E-state index contributed by atoms with van der Waals surface area (Å²) in [4.78, 5) is 0. The van der Waals surface area contributed by atoms with Gasteiger partial charge in [0.15, 0.2) is 11.5 Å². The molecule has 0 saturated heterocycles. The van der Waals surface area contributed by atoms with E-state index >= 15 is 0 Å². The molecule has 0 unspecified atom stereocenters. The summed E-state index contributed by atoms with van der Waals surface area (Å²) in [6, 6.07) is 3.74.